The smallest absolute Gasteiger partial charge is 0.208 e. The Morgan fingerprint density at radius 2 is 1.50 bits per heavy atom. The van der Waals surface area contributed by atoms with Crippen molar-refractivity contribution in [2.24, 2.45) is 0 Å². The van der Waals surface area contributed by atoms with E-state index in [1.54, 1.807) is 6.92 Å². The lowest BCUT2D eigenvalue weighted by Crippen LogP contribution is -2.04. The summed E-state index contributed by atoms with van der Waals surface area (Å²) in [5.74, 6) is -3.96. The van der Waals surface area contributed by atoms with E-state index >= 15 is 0 Å². The Hall–Kier alpha value is -2.39. The number of aromatic hydroxyl groups is 5. The number of halogens is 2. The summed E-state index contributed by atoms with van der Waals surface area (Å²) in [5, 5.41) is 49.3. The lowest BCUT2D eigenvalue weighted by molar-refractivity contribution is 0.103. The van der Waals surface area contributed by atoms with Gasteiger partial charge in [0.15, 0.2) is 17.1 Å². The van der Waals surface area contributed by atoms with Crippen LogP contribution in [0.5, 0.6) is 28.7 Å². The summed E-state index contributed by atoms with van der Waals surface area (Å²) in [7, 11) is 0. The van der Waals surface area contributed by atoms with E-state index in [4.69, 9.17) is 4.42 Å². The van der Waals surface area contributed by atoms with E-state index in [-0.39, 0.29) is 50.4 Å². The number of fused-ring (bicyclic) bond motifs is 1. The average Bonchev–Trinajstić information content (AvgIpc) is 3.01. The van der Waals surface area contributed by atoms with Crippen LogP contribution in [0.15, 0.2) is 25.5 Å². The van der Waals surface area contributed by atoms with E-state index in [0.29, 0.717) is 0 Å². The fourth-order valence-corrected chi connectivity index (χ4v) is 3.84. The van der Waals surface area contributed by atoms with Crippen LogP contribution in [-0.4, -0.2) is 31.3 Å². The molecule has 0 saturated heterocycles. The number of phenols is 5. The van der Waals surface area contributed by atoms with Gasteiger partial charge in [0.25, 0.3) is 0 Å². The number of aryl methyl sites for hydroxylation is 1. The molecule has 0 fully saturated rings. The first-order valence-corrected chi connectivity index (χ1v) is 8.91. The van der Waals surface area contributed by atoms with Gasteiger partial charge in [-0.3, -0.25) is 4.79 Å². The average molecular weight is 490 g/mol. The number of carbonyl (C=O) groups is 1. The van der Waals surface area contributed by atoms with Gasteiger partial charge >= 0.3 is 0 Å². The van der Waals surface area contributed by atoms with E-state index in [0.717, 1.165) is 0 Å². The summed E-state index contributed by atoms with van der Waals surface area (Å²) < 4.78 is 5.99. The molecule has 138 valence electrons. The van der Waals surface area contributed by atoms with Crippen LogP contribution >= 0.6 is 31.9 Å². The zero-order valence-electron chi connectivity index (χ0n) is 13.2. The maximum atomic E-state index is 13.1. The molecule has 0 aliphatic heterocycles. The standard InChI is InChI=1S/C17H12Br2O7.H2/c1-2-8-9(11(20)5-3-6(18)12(21)7(19)4-5)10-13(22)14(23)15(24)16(25)17(10)26-8;/h3-4,21-25H,2H2,1H3;1H. The van der Waals surface area contributed by atoms with Crippen molar-refractivity contribution in [3.63, 3.8) is 0 Å². The molecule has 1 heterocycles. The molecule has 0 saturated carbocycles. The topological polar surface area (TPSA) is 131 Å². The van der Waals surface area contributed by atoms with Gasteiger partial charge in [-0.15, -0.1) is 0 Å². The van der Waals surface area contributed by atoms with Gasteiger partial charge in [-0.1, -0.05) is 6.92 Å². The number of rotatable bonds is 3. The molecule has 0 amide bonds. The van der Waals surface area contributed by atoms with Gasteiger partial charge in [0, 0.05) is 13.4 Å². The van der Waals surface area contributed by atoms with Crippen molar-refractivity contribution in [1.82, 2.24) is 0 Å². The predicted molar refractivity (Wildman–Crippen MR) is 101 cm³/mol. The maximum Gasteiger partial charge on any atom is 0.208 e. The zero-order chi connectivity index (χ0) is 19.3. The predicted octanol–water partition coefficient (Wildman–Crippen LogP) is 4.53. The Balaban J connectivity index is 0.00000261. The number of hydrogen-bond donors (Lipinski definition) is 5. The minimum atomic E-state index is -0.958. The molecule has 2 aromatic carbocycles. The zero-order valence-corrected chi connectivity index (χ0v) is 16.3. The fourth-order valence-electron chi connectivity index (χ4n) is 2.65. The number of carbonyl (C=O) groups excluding carboxylic acids is 1. The van der Waals surface area contributed by atoms with Gasteiger partial charge in [0.2, 0.25) is 17.2 Å². The third kappa shape index (κ3) is 2.58. The molecule has 26 heavy (non-hydrogen) atoms. The van der Waals surface area contributed by atoms with E-state index in [1.165, 1.54) is 12.1 Å². The van der Waals surface area contributed by atoms with Crippen LogP contribution in [0.25, 0.3) is 11.0 Å². The molecular formula is C17H14Br2O7. The van der Waals surface area contributed by atoms with Gasteiger partial charge in [0.05, 0.1) is 19.9 Å². The minimum Gasteiger partial charge on any atom is -0.506 e. The molecule has 0 radical (unpaired) electrons. The normalized spacial score (nSPS) is 11.2. The number of furan rings is 1. The summed E-state index contributed by atoms with van der Waals surface area (Å²) in [6.07, 6.45) is 0.247. The van der Waals surface area contributed by atoms with Crippen molar-refractivity contribution in [2.75, 3.05) is 0 Å². The molecule has 0 aliphatic carbocycles. The monoisotopic (exact) mass is 488 g/mol. The molecule has 0 aliphatic rings. The van der Waals surface area contributed by atoms with E-state index < -0.39 is 28.8 Å². The van der Waals surface area contributed by atoms with Crippen molar-refractivity contribution in [1.29, 1.82) is 0 Å². The Labute approximate surface area is 164 Å². The first kappa shape index (κ1) is 18.4. The molecule has 3 aromatic rings. The van der Waals surface area contributed by atoms with Gasteiger partial charge in [-0.05, 0) is 44.0 Å². The Kier molecular flexibility index (Phi) is 4.53. The second-order valence-corrected chi connectivity index (χ2v) is 7.18. The minimum absolute atomic E-state index is 0. The van der Waals surface area contributed by atoms with Gasteiger partial charge in [-0.2, -0.15) is 0 Å². The number of phenolic OH excluding ortho intramolecular Hbond substituents is 5. The summed E-state index contributed by atoms with van der Waals surface area (Å²) in [5.41, 5.74) is -0.213. The molecule has 0 atom stereocenters. The fraction of sp³-hybridized carbons (Fsp3) is 0.118. The number of benzene rings is 2. The second kappa shape index (κ2) is 6.40. The van der Waals surface area contributed by atoms with Crippen molar-refractivity contribution < 1.29 is 36.2 Å². The van der Waals surface area contributed by atoms with Gasteiger partial charge in [0.1, 0.15) is 11.5 Å². The Morgan fingerprint density at radius 3 is 2.04 bits per heavy atom. The highest BCUT2D eigenvalue weighted by molar-refractivity contribution is 9.11. The molecule has 5 N–H and O–H groups in total. The molecule has 0 unspecified atom stereocenters. The lowest BCUT2D eigenvalue weighted by atomic mass is 9.98. The quantitative estimate of drug-likeness (QED) is 0.207. The highest BCUT2D eigenvalue weighted by Crippen LogP contribution is 2.51. The lowest BCUT2D eigenvalue weighted by Gasteiger charge is -2.08. The van der Waals surface area contributed by atoms with Crippen molar-refractivity contribution in [3.8, 4) is 28.7 Å². The Morgan fingerprint density at radius 1 is 0.962 bits per heavy atom. The van der Waals surface area contributed by atoms with E-state index in [2.05, 4.69) is 31.9 Å². The van der Waals surface area contributed by atoms with Crippen molar-refractivity contribution in [2.45, 2.75) is 13.3 Å². The van der Waals surface area contributed by atoms with Crippen LogP contribution in [0.3, 0.4) is 0 Å². The van der Waals surface area contributed by atoms with E-state index in [9.17, 15) is 30.3 Å². The molecule has 0 spiro atoms. The van der Waals surface area contributed by atoms with Crippen molar-refractivity contribution >= 4 is 48.6 Å². The SMILES string of the molecule is CCc1oc2c(O)c(O)c(O)c(O)c2c1C(=O)c1cc(Br)c(O)c(Br)c1.[HH]. The first-order valence-electron chi connectivity index (χ1n) is 7.32. The highest BCUT2D eigenvalue weighted by atomic mass is 79.9. The second-order valence-electron chi connectivity index (χ2n) is 5.47. The highest BCUT2D eigenvalue weighted by Gasteiger charge is 2.30. The largest absolute Gasteiger partial charge is 0.506 e. The maximum absolute atomic E-state index is 13.1. The number of ketones is 1. The van der Waals surface area contributed by atoms with E-state index in [1.807, 2.05) is 0 Å². The summed E-state index contributed by atoms with van der Waals surface area (Å²) >= 11 is 6.29. The third-order valence-corrected chi connectivity index (χ3v) is 5.14. The number of hydrogen-bond acceptors (Lipinski definition) is 7. The summed E-state index contributed by atoms with van der Waals surface area (Å²) in [4.78, 5) is 13.1. The van der Waals surface area contributed by atoms with Gasteiger partial charge < -0.3 is 29.9 Å². The molecule has 9 heteroatoms. The summed E-state index contributed by atoms with van der Waals surface area (Å²) in [6.45, 7) is 1.70. The van der Waals surface area contributed by atoms with Crippen LogP contribution < -0.4 is 0 Å². The van der Waals surface area contributed by atoms with Crippen LogP contribution in [0.1, 0.15) is 30.0 Å². The molecule has 7 nitrogen and oxygen atoms in total. The van der Waals surface area contributed by atoms with Crippen molar-refractivity contribution in [3.05, 3.63) is 38.0 Å². The van der Waals surface area contributed by atoms with Crippen LogP contribution in [0.4, 0.5) is 0 Å². The van der Waals surface area contributed by atoms with Crippen LogP contribution in [0.2, 0.25) is 0 Å². The molecular weight excluding hydrogens is 476 g/mol. The Bertz CT molecular complexity index is 1050. The molecule has 3 rings (SSSR count). The molecule has 0 bridgehead atoms. The van der Waals surface area contributed by atoms with Crippen LogP contribution in [0, 0.1) is 0 Å². The molecule has 1 aromatic heterocycles. The summed E-state index contributed by atoms with van der Waals surface area (Å²) in [6, 6.07) is 2.77. The third-order valence-electron chi connectivity index (χ3n) is 3.93. The van der Waals surface area contributed by atoms with Gasteiger partial charge in [-0.25, -0.2) is 0 Å². The van der Waals surface area contributed by atoms with Crippen LogP contribution in [-0.2, 0) is 6.42 Å². The first-order chi connectivity index (χ1) is 12.2.